The Bertz CT molecular complexity index is 1000. The zero-order valence-corrected chi connectivity index (χ0v) is 16.9. The van der Waals surface area contributed by atoms with Gasteiger partial charge in [-0.15, -0.1) is 0 Å². The first-order chi connectivity index (χ1) is 14.0. The standard InChI is InChI=1S/C22H22N2O4S/c1-23-18(20(25)24(22(23)29)16-8-3-2-4-9-16)13-17-10-11-19(28-17)14-6-5-7-15(12-14)21(26)27/h5-7,10-13,16H,2-4,8-9H2,1H3,(H,26,27)/p-1/b18-13-. The van der Waals surface area contributed by atoms with E-state index in [1.807, 2.05) is 0 Å². The first-order valence-electron chi connectivity index (χ1n) is 9.70. The number of hydrogen-bond acceptors (Lipinski definition) is 5. The van der Waals surface area contributed by atoms with Gasteiger partial charge in [0, 0.05) is 24.7 Å². The molecule has 7 heteroatoms. The smallest absolute Gasteiger partial charge is 0.277 e. The lowest BCUT2D eigenvalue weighted by Crippen LogP contribution is -2.41. The van der Waals surface area contributed by atoms with Crippen LogP contribution in [0.4, 0.5) is 0 Å². The van der Waals surface area contributed by atoms with Gasteiger partial charge in [-0.05, 0) is 48.8 Å². The Morgan fingerprint density at radius 3 is 2.69 bits per heavy atom. The van der Waals surface area contributed by atoms with E-state index in [0.29, 0.717) is 27.9 Å². The van der Waals surface area contributed by atoms with Gasteiger partial charge >= 0.3 is 0 Å². The molecule has 0 spiro atoms. The van der Waals surface area contributed by atoms with Crippen molar-refractivity contribution in [3.8, 4) is 11.3 Å². The first-order valence-corrected chi connectivity index (χ1v) is 10.1. The van der Waals surface area contributed by atoms with Crippen molar-refractivity contribution in [2.45, 2.75) is 38.1 Å². The van der Waals surface area contributed by atoms with Crippen LogP contribution in [0.25, 0.3) is 17.4 Å². The monoisotopic (exact) mass is 409 g/mol. The number of carbonyl (C=O) groups excluding carboxylic acids is 2. The Morgan fingerprint density at radius 1 is 1.21 bits per heavy atom. The Balaban J connectivity index is 1.60. The molecule has 2 aliphatic rings. The number of aromatic carboxylic acids is 1. The minimum atomic E-state index is -1.24. The Kier molecular flexibility index (Phi) is 5.24. The highest BCUT2D eigenvalue weighted by molar-refractivity contribution is 7.80. The lowest BCUT2D eigenvalue weighted by Gasteiger charge is -2.30. The van der Waals surface area contributed by atoms with Crippen LogP contribution in [0, 0.1) is 0 Å². The average Bonchev–Trinajstić information content (AvgIpc) is 3.28. The fraction of sp³-hybridized carbons (Fsp3) is 0.318. The predicted octanol–water partition coefficient (Wildman–Crippen LogP) is 3.04. The molecule has 1 saturated heterocycles. The molecule has 1 saturated carbocycles. The van der Waals surface area contributed by atoms with Crippen molar-refractivity contribution >= 4 is 35.3 Å². The lowest BCUT2D eigenvalue weighted by molar-refractivity contribution is -0.255. The number of carboxylic acids is 1. The number of hydrogen-bond donors (Lipinski definition) is 0. The summed E-state index contributed by atoms with van der Waals surface area (Å²) < 4.78 is 5.85. The fourth-order valence-corrected chi connectivity index (χ4v) is 4.29. The number of rotatable bonds is 4. The van der Waals surface area contributed by atoms with E-state index < -0.39 is 5.97 Å². The second kappa shape index (κ2) is 7.83. The Hall–Kier alpha value is -2.93. The van der Waals surface area contributed by atoms with E-state index in [-0.39, 0.29) is 17.5 Å². The minimum absolute atomic E-state index is 0.0815. The van der Waals surface area contributed by atoms with Crippen LogP contribution >= 0.6 is 12.2 Å². The molecule has 4 rings (SSSR count). The second-order valence-electron chi connectivity index (χ2n) is 7.41. The van der Waals surface area contributed by atoms with Crippen molar-refractivity contribution in [1.82, 2.24) is 9.80 Å². The molecular weight excluding hydrogens is 388 g/mol. The van der Waals surface area contributed by atoms with Crippen LogP contribution in [0.2, 0.25) is 0 Å². The molecule has 1 aromatic heterocycles. The molecule has 1 amide bonds. The third-order valence-electron chi connectivity index (χ3n) is 5.52. The Morgan fingerprint density at radius 2 is 1.97 bits per heavy atom. The predicted molar refractivity (Wildman–Crippen MR) is 111 cm³/mol. The van der Waals surface area contributed by atoms with E-state index in [4.69, 9.17) is 16.6 Å². The number of nitrogens with zero attached hydrogens (tertiary/aromatic N) is 2. The van der Waals surface area contributed by atoms with Gasteiger partial charge in [-0.25, -0.2) is 0 Å². The van der Waals surface area contributed by atoms with Gasteiger partial charge in [-0.1, -0.05) is 37.5 Å². The van der Waals surface area contributed by atoms with Crippen molar-refractivity contribution in [2.24, 2.45) is 0 Å². The number of carbonyl (C=O) groups is 2. The summed E-state index contributed by atoms with van der Waals surface area (Å²) in [5, 5.41) is 11.6. The molecule has 29 heavy (non-hydrogen) atoms. The largest absolute Gasteiger partial charge is 0.545 e. The summed E-state index contributed by atoms with van der Waals surface area (Å²) in [6.07, 6.45) is 7.08. The summed E-state index contributed by atoms with van der Waals surface area (Å²) in [7, 11) is 1.79. The van der Waals surface area contributed by atoms with Gasteiger partial charge in [0.15, 0.2) is 5.11 Å². The van der Waals surface area contributed by atoms with Crippen molar-refractivity contribution in [1.29, 1.82) is 0 Å². The number of amides is 1. The van der Waals surface area contributed by atoms with Crippen LogP contribution in [0.5, 0.6) is 0 Å². The third kappa shape index (κ3) is 3.70. The molecule has 1 aromatic carbocycles. The molecule has 1 aliphatic heterocycles. The zero-order chi connectivity index (χ0) is 20.5. The topological polar surface area (TPSA) is 76.8 Å². The SMILES string of the molecule is CN1C(=S)N(C2CCCCC2)C(=O)/C1=C/c1ccc(-c2cccc(C(=O)[O-])c2)o1. The zero-order valence-electron chi connectivity index (χ0n) is 16.1. The molecule has 0 bridgehead atoms. The van der Waals surface area contributed by atoms with Gasteiger partial charge in [0.25, 0.3) is 5.91 Å². The maximum absolute atomic E-state index is 13.0. The molecule has 0 N–H and O–H groups in total. The summed E-state index contributed by atoms with van der Waals surface area (Å²) >= 11 is 5.53. The van der Waals surface area contributed by atoms with E-state index in [1.165, 1.54) is 18.6 Å². The molecule has 2 heterocycles. The third-order valence-corrected chi connectivity index (χ3v) is 5.99. The summed E-state index contributed by atoms with van der Waals surface area (Å²) in [6.45, 7) is 0. The lowest BCUT2D eigenvalue weighted by atomic mass is 9.94. The summed E-state index contributed by atoms with van der Waals surface area (Å²) in [5.74, 6) is -0.321. The molecule has 2 fully saturated rings. The van der Waals surface area contributed by atoms with Gasteiger partial charge < -0.3 is 19.2 Å². The van der Waals surface area contributed by atoms with E-state index in [2.05, 4.69) is 0 Å². The van der Waals surface area contributed by atoms with Crippen molar-refractivity contribution < 1.29 is 19.1 Å². The average molecular weight is 409 g/mol. The van der Waals surface area contributed by atoms with Gasteiger partial charge in [-0.2, -0.15) is 0 Å². The van der Waals surface area contributed by atoms with Crippen LogP contribution in [0.1, 0.15) is 48.2 Å². The fourth-order valence-electron chi connectivity index (χ4n) is 3.96. The summed E-state index contributed by atoms with van der Waals surface area (Å²) in [5.41, 5.74) is 1.18. The van der Waals surface area contributed by atoms with Gasteiger partial charge in [0.1, 0.15) is 17.2 Å². The van der Waals surface area contributed by atoms with Crippen molar-refractivity contribution in [3.63, 3.8) is 0 Å². The number of thiocarbonyl (C=S) groups is 1. The second-order valence-corrected chi connectivity index (χ2v) is 7.77. The van der Waals surface area contributed by atoms with Crippen LogP contribution in [-0.4, -0.2) is 39.9 Å². The van der Waals surface area contributed by atoms with E-state index in [0.717, 1.165) is 25.7 Å². The highest BCUT2D eigenvalue weighted by atomic mass is 32.1. The molecule has 0 unspecified atom stereocenters. The van der Waals surface area contributed by atoms with E-state index in [9.17, 15) is 14.7 Å². The highest BCUT2D eigenvalue weighted by Crippen LogP contribution is 2.31. The number of benzene rings is 1. The normalized spacial score (nSPS) is 19.4. The van der Waals surface area contributed by atoms with Gasteiger partial charge in [0.05, 0.1) is 5.97 Å². The van der Waals surface area contributed by atoms with E-state index in [1.54, 1.807) is 47.2 Å². The summed E-state index contributed by atoms with van der Waals surface area (Å²) in [6, 6.07) is 10.0. The Labute approximate surface area is 174 Å². The van der Waals surface area contributed by atoms with Crippen molar-refractivity contribution in [2.75, 3.05) is 7.05 Å². The van der Waals surface area contributed by atoms with Gasteiger partial charge in [0.2, 0.25) is 0 Å². The van der Waals surface area contributed by atoms with Crippen molar-refractivity contribution in [3.05, 3.63) is 53.4 Å². The molecular formula is C22H21N2O4S-. The number of likely N-dealkylation sites (N-methyl/N-ethyl adjacent to an activating group) is 1. The first kappa shape index (κ1) is 19.4. The van der Waals surface area contributed by atoms with Gasteiger partial charge in [-0.3, -0.25) is 9.69 Å². The molecule has 0 radical (unpaired) electrons. The van der Waals surface area contributed by atoms with Crippen LogP contribution in [0.15, 0.2) is 46.5 Å². The number of carboxylic acid groups (broad SMARTS) is 1. The maximum Gasteiger partial charge on any atom is 0.277 e. The highest BCUT2D eigenvalue weighted by Gasteiger charge is 2.40. The van der Waals surface area contributed by atoms with E-state index >= 15 is 0 Å². The minimum Gasteiger partial charge on any atom is -0.545 e. The molecule has 150 valence electrons. The number of furan rings is 1. The van der Waals surface area contributed by atoms with Crippen LogP contribution in [-0.2, 0) is 4.79 Å². The van der Waals surface area contributed by atoms with Crippen LogP contribution in [0.3, 0.4) is 0 Å². The maximum atomic E-state index is 13.0. The van der Waals surface area contributed by atoms with Crippen LogP contribution < -0.4 is 5.11 Å². The summed E-state index contributed by atoms with van der Waals surface area (Å²) in [4.78, 5) is 27.6. The molecule has 0 atom stereocenters. The molecule has 1 aliphatic carbocycles. The molecule has 2 aromatic rings. The molecule has 6 nitrogen and oxygen atoms in total. The quantitative estimate of drug-likeness (QED) is 0.571.